The predicted octanol–water partition coefficient (Wildman–Crippen LogP) is 0.736. The minimum atomic E-state index is -0.753. The van der Waals surface area contributed by atoms with Crippen LogP contribution >= 0.6 is 0 Å². The van der Waals surface area contributed by atoms with E-state index in [1.807, 2.05) is 0 Å². The zero-order valence-electron chi connectivity index (χ0n) is 9.65. The molecule has 0 aromatic rings. The largest absolute Gasteiger partial charge is 0.481 e. The van der Waals surface area contributed by atoms with Crippen LogP contribution in [0.1, 0.15) is 25.7 Å². The minimum Gasteiger partial charge on any atom is -0.481 e. The molecule has 0 aromatic heterocycles. The number of methoxy groups -OCH3 is 1. The lowest BCUT2D eigenvalue weighted by Crippen LogP contribution is -2.35. The third-order valence-corrected chi connectivity index (χ3v) is 3.03. The summed E-state index contributed by atoms with van der Waals surface area (Å²) >= 11 is 0. The Morgan fingerprint density at radius 3 is 2.50 bits per heavy atom. The summed E-state index contributed by atoms with van der Waals surface area (Å²) in [5.74, 6) is -0.505. The van der Waals surface area contributed by atoms with E-state index in [2.05, 4.69) is 9.64 Å². The van der Waals surface area contributed by atoms with Crippen LogP contribution in [0.5, 0.6) is 0 Å². The predicted molar refractivity (Wildman–Crippen MR) is 58.0 cm³/mol. The van der Waals surface area contributed by atoms with E-state index in [0.29, 0.717) is 18.9 Å². The van der Waals surface area contributed by atoms with Gasteiger partial charge >= 0.3 is 11.9 Å². The maximum absolute atomic E-state index is 11.1. The number of carbonyl (C=O) groups is 2. The fraction of sp³-hybridized carbons (Fsp3) is 0.818. The first-order chi connectivity index (χ1) is 7.61. The normalized spacial score (nSPS) is 18.3. The van der Waals surface area contributed by atoms with Crippen molar-refractivity contribution >= 4 is 11.9 Å². The first-order valence-electron chi connectivity index (χ1n) is 5.62. The lowest BCUT2D eigenvalue weighted by Gasteiger charge is -2.30. The third kappa shape index (κ3) is 4.61. The van der Waals surface area contributed by atoms with Gasteiger partial charge in [0.05, 0.1) is 13.5 Å². The Hall–Kier alpha value is -1.10. The Kier molecular flexibility index (Phi) is 5.25. The second kappa shape index (κ2) is 6.48. The Balaban J connectivity index is 2.18. The molecule has 1 fully saturated rings. The molecule has 1 aliphatic rings. The molecule has 0 amide bonds. The molecule has 0 unspecified atom stereocenters. The summed E-state index contributed by atoms with van der Waals surface area (Å²) in [6.07, 6.45) is 2.59. The molecule has 0 saturated carbocycles. The molecular weight excluding hydrogens is 210 g/mol. The topological polar surface area (TPSA) is 66.8 Å². The van der Waals surface area contributed by atoms with Gasteiger partial charge in [-0.1, -0.05) is 0 Å². The van der Waals surface area contributed by atoms with Crippen LogP contribution in [-0.4, -0.2) is 48.7 Å². The number of nitrogens with zero attached hydrogens (tertiary/aromatic N) is 1. The quantitative estimate of drug-likeness (QED) is 0.704. The highest BCUT2D eigenvalue weighted by Gasteiger charge is 2.21. The van der Waals surface area contributed by atoms with Crippen molar-refractivity contribution in [3.63, 3.8) is 0 Å². The fourth-order valence-corrected chi connectivity index (χ4v) is 1.99. The first-order valence-corrected chi connectivity index (χ1v) is 5.62. The van der Waals surface area contributed by atoms with Crippen LogP contribution in [0.25, 0.3) is 0 Å². The summed E-state index contributed by atoms with van der Waals surface area (Å²) in [5.41, 5.74) is 0. The number of carboxylic acid groups (broad SMARTS) is 1. The third-order valence-electron chi connectivity index (χ3n) is 3.03. The molecule has 5 heteroatoms. The van der Waals surface area contributed by atoms with Crippen molar-refractivity contribution in [1.29, 1.82) is 0 Å². The summed E-state index contributed by atoms with van der Waals surface area (Å²) in [6, 6.07) is 0. The van der Waals surface area contributed by atoms with Crippen LogP contribution in [-0.2, 0) is 14.3 Å². The molecule has 16 heavy (non-hydrogen) atoms. The maximum atomic E-state index is 11.1. The number of hydrogen-bond acceptors (Lipinski definition) is 4. The minimum absolute atomic E-state index is 0.149. The summed E-state index contributed by atoms with van der Waals surface area (Å²) in [5, 5.41) is 8.56. The molecule has 0 bridgehead atoms. The zero-order valence-corrected chi connectivity index (χ0v) is 9.65. The van der Waals surface area contributed by atoms with Crippen molar-refractivity contribution in [3.8, 4) is 0 Å². The molecule has 1 N–H and O–H groups in total. The van der Waals surface area contributed by atoms with Gasteiger partial charge in [0.1, 0.15) is 0 Å². The second-order valence-corrected chi connectivity index (χ2v) is 4.21. The van der Waals surface area contributed by atoms with Crippen molar-refractivity contribution in [2.45, 2.75) is 25.7 Å². The monoisotopic (exact) mass is 229 g/mol. The van der Waals surface area contributed by atoms with Gasteiger partial charge in [0.2, 0.25) is 0 Å². The van der Waals surface area contributed by atoms with Gasteiger partial charge in [-0.2, -0.15) is 0 Å². The van der Waals surface area contributed by atoms with Gasteiger partial charge in [-0.3, -0.25) is 9.59 Å². The highest BCUT2D eigenvalue weighted by Crippen LogP contribution is 2.20. The molecule has 1 aliphatic heterocycles. The number of hydrogen-bond donors (Lipinski definition) is 1. The summed E-state index contributed by atoms with van der Waals surface area (Å²) in [6.45, 7) is 2.38. The Labute approximate surface area is 95.4 Å². The van der Waals surface area contributed by atoms with Gasteiger partial charge in [0.15, 0.2) is 0 Å². The molecule has 1 heterocycles. The van der Waals surface area contributed by atoms with Gasteiger partial charge < -0.3 is 14.7 Å². The van der Waals surface area contributed by atoms with Crippen LogP contribution in [0.15, 0.2) is 0 Å². The molecule has 0 aliphatic carbocycles. The molecule has 0 spiro atoms. The lowest BCUT2D eigenvalue weighted by molar-refractivity contribution is -0.142. The van der Waals surface area contributed by atoms with Crippen LogP contribution in [0.2, 0.25) is 0 Å². The lowest BCUT2D eigenvalue weighted by atomic mass is 9.93. The SMILES string of the molecule is COC(=O)CC1CCN(CCC(=O)O)CC1. The molecule has 5 nitrogen and oxygen atoms in total. The highest BCUT2D eigenvalue weighted by molar-refractivity contribution is 5.69. The number of carboxylic acids is 1. The van der Waals surface area contributed by atoms with Crippen molar-refractivity contribution in [3.05, 3.63) is 0 Å². The van der Waals surface area contributed by atoms with E-state index in [9.17, 15) is 9.59 Å². The van der Waals surface area contributed by atoms with Gasteiger partial charge in [-0.05, 0) is 31.8 Å². The van der Waals surface area contributed by atoms with Crippen LogP contribution in [0, 0.1) is 5.92 Å². The second-order valence-electron chi connectivity index (χ2n) is 4.21. The van der Waals surface area contributed by atoms with Crippen molar-refractivity contribution < 1.29 is 19.4 Å². The van der Waals surface area contributed by atoms with E-state index < -0.39 is 5.97 Å². The highest BCUT2D eigenvalue weighted by atomic mass is 16.5. The standard InChI is InChI=1S/C11H19NO4/c1-16-11(15)8-9-2-5-12(6-3-9)7-4-10(13)14/h9H,2-8H2,1H3,(H,13,14). The number of piperidine rings is 1. The van der Waals surface area contributed by atoms with Crippen LogP contribution in [0.3, 0.4) is 0 Å². The van der Waals surface area contributed by atoms with Crippen molar-refractivity contribution in [1.82, 2.24) is 4.90 Å². The Bertz CT molecular complexity index is 246. The smallest absolute Gasteiger partial charge is 0.305 e. The fourth-order valence-electron chi connectivity index (χ4n) is 1.99. The van der Waals surface area contributed by atoms with Crippen molar-refractivity contribution in [2.75, 3.05) is 26.7 Å². The number of carbonyl (C=O) groups excluding carboxylic acids is 1. The molecule has 0 aromatic carbocycles. The average molecular weight is 229 g/mol. The van der Waals surface area contributed by atoms with Gasteiger partial charge in [0.25, 0.3) is 0 Å². The maximum Gasteiger partial charge on any atom is 0.305 e. The number of likely N-dealkylation sites (tertiary alicyclic amines) is 1. The van der Waals surface area contributed by atoms with Crippen molar-refractivity contribution in [2.24, 2.45) is 5.92 Å². The molecule has 1 rings (SSSR count). The van der Waals surface area contributed by atoms with Gasteiger partial charge in [-0.25, -0.2) is 0 Å². The summed E-state index contributed by atoms with van der Waals surface area (Å²) < 4.78 is 4.63. The Morgan fingerprint density at radius 1 is 1.38 bits per heavy atom. The summed E-state index contributed by atoms with van der Waals surface area (Å²) in [7, 11) is 1.41. The first kappa shape index (κ1) is 13.0. The molecule has 92 valence electrons. The van der Waals surface area contributed by atoms with E-state index in [0.717, 1.165) is 25.9 Å². The average Bonchev–Trinajstić information content (AvgIpc) is 2.28. The molecule has 0 radical (unpaired) electrons. The molecule has 0 atom stereocenters. The number of ether oxygens (including phenoxy) is 1. The van der Waals surface area contributed by atoms with Gasteiger partial charge in [0, 0.05) is 13.0 Å². The number of rotatable bonds is 5. The molecule has 1 saturated heterocycles. The number of esters is 1. The van der Waals surface area contributed by atoms with E-state index >= 15 is 0 Å². The number of aliphatic carboxylic acids is 1. The summed E-state index contributed by atoms with van der Waals surface area (Å²) in [4.78, 5) is 23.6. The van der Waals surface area contributed by atoms with E-state index in [-0.39, 0.29) is 12.4 Å². The van der Waals surface area contributed by atoms with Crippen LogP contribution in [0.4, 0.5) is 0 Å². The molecular formula is C11H19NO4. The van der Waals surface area contributed by atoms with Crippen LogP contribution < -0.4 is 0 Å². The van der Waals surface area contributed by atoms with E-state index in [4.69, 9.17) is 5.11 Å². The zero-order chi connectivity index (χ0) is 12.0. The Morgan fingerprint density at radius 2 is 2.00 bits per heavy atom. The van der Waals surface area contributed by atoms with Gasteiger partial charge in [-0.15, -0.1) is 0 Å². The van der Waals surface area contributed by atoms with E-state index in [1.165, 1.54) is 7.11 Å². The van der Waals surface area contributed by atoms with E-state index in [1.54, 1.807) is 0 Å².